The van der Waals surface area contributed by atoms with Gasteiger partial charge in [-0.15, -0.1) is 25.3 Å². The average molecular weight is 315 g/mol. The van der Waals surface area contributed by atoms with Crippen molar-refractivity contribution in [1.82, 2.24) is 0 Å². The maximum atomic E-state index is 12.3. The number of carbonyl (C=O) groups is 1. The van der Waals surface area contributed by atoms with E-state index in [1.54, 1.807) is 36.4 Å². The molecule has 0 spiro atoms. The van der Waals surface area contributed by atoms with Gasteiger partial charge in [0.15, 0.2) is 5.78 Å². The third kappa shape index (κ3) is 2.69. The van der Waals surface area contributed by atoms with Crippen LogP contribution in [0, 0.1) is 0 Å². The number of hydrogen-bond acceptors (Lipinski definition) is 3. The van der Waals surface area contributed by atoms with Crippen LogP contribution in [0.25, 0.3) is 0 Å². The van der Waals surface area contributed by atoms with Crippen LogP contribution in [-0.4, -0.2) is 5.78 Å². The second-order valence-corrected chi connectivity index (χ2v) is 5.37. The fraction of sp³-hybridized carbons (Fsp3) is 0. The van der Waals surface area contributed by atoms with E-state index in [4.69, 9.17) is 23.2 Å². The van der Waals surface area contributed by atoms with E-state index in [1.807, 2.05) is 0 Å². The second-order valence-electron chi connectivity index (χ2n) is 3.63. The zero-order valence-electron chi connectivity index (χ0n) is 9.02. The van der Waals surface area contributed by atoms with Gasteiger partial charge >= 0.3 is 0 Å². The van der Waals surface area contributed by atoms with Crippen molar-refractivity contribution in [3.8, 4) is 0 Å². The third-order valence-corrected chi connectivity index (χ3v) is 4.26. The minimum absolute atomic E-state index is 0.136. The highest BCUT2D eigenvalue weighted by molar-refractivity contribution is 7.83. The van der Waals surface area contributed by atoms with Gasteiger partial charge in [-0.25, -0.2) is 0 Å². The number of benzene rings is 2. The summed E-state index contributed by atoms with van der Waals surface area (Å²) >= 11 is 20.2. The maximum absolute atomic E-state index is 12.3. The van der Waals surface area contributed by atoms with E-state index >= 15 is 0 Å². The standard InChI is InChI=1S/C13H8Cl2OS2/c14-8-3-1-7(2-4-8)11(16)9-5-6-10(15)13(18)12(9)17/h1-6,17-18H. The second kappa shape index (κ2) is 5.57. The van der Waals surface area contributed by atoms with E-state index in [9.17, 15) is 4.79 Å². The predicted molar refractivity (Wildman–Crippen MR) is 80.8 cm³/mol. The minimum atomic E-state index is -0.136. The maximum Gasteiger partial charge on any atom is 0.194 e. The van der Waals surface area contributed by atoms with Crippen molar-refractivity contribution < 1.29 is 4.79 Å². The van der Waals surface area contributed by atoms with Crippen LogP contribution < -0.4 is 0 Å². The number of hydrogen-bond donors (Lipinski definition) is 2. The Labute approximate surface area is 126 Å². The summed E-state index contributed by atoms with van der Waals surface area (Å²) in [4.78, 5) is 13.3. The van der Waals surface area contributed by atoms with Gasteiger partial charge in [-0.2, -0.15) is 0 Å². The molecule has 0 fully saturated rings. The Hall–Kier alpha value is -0.610. The SMILES string of the molecule is O=C(c1ccc(Cl)cc1)c1ccc(Cl)c(S)c1S. The molecule has 0 aromatic heterocycles. The molecule has 0 amide bonds. The monoisotopic (exact) mass is 314 g/mol. The van der Waals surface area contributed by atoms with Crippen LogP contribution in [0.5, 0.6) is 0 Å². The summed E-state index contributed by atoms with van der Waals surface area (Å²) in [5.74, 6) is -0.136. The lowest BCUT2D eigenvalue weighted by atomic mass is 10.0. The molecule has 2 rings (SSSR count). The summed E-state index contributed by atoms with van der Waals surface area (Å²) in [6.07, 6.45) is 0. The summed E-state index contributed by atoms with van der Waals surface area (Å²) in [7, 11) is 0. The molecule has 0 atom stereocenters. The Balaban J connectivity index is 2.46. The highest BCUT2D eigenvalue weighted by atomic mass is 35.5. The van der Waals surface area contributed by atoms with E-state index in [0.29, 0.717) is 31.0 Å². The Morgan fingerprint density at radius 1 is 0.889 bits per heavy atom. The highest BCUT2D eigenvalue weighted by Crippen LogP contribution is 2.31. The first-order valence-electron chi connectivity index (χ1n) is 5.01. The fourth-order valence-electron chi connectivity index (χ4n) is 1.50. The van der Waals surface area contributed by atoms with Gasteiger partial charge in [0, 0.05) is 25.9 Å². The molecule has 0 radical (unpaired) electrons. The Morgan fingerprint density at radius 2 is 1.50 bits per heavy atom. The zero-order valence-corrected chi connectivity index (χ0v) is 12.3. The molecule has 0 saturated carbocycles. The predicted octanol–water partition coefficient (Wildman–Crippen LogP) is 4.80. The number of carbonyl (C=O) groups excluding carboxylic acids is 1. The van der Waals surface area contributed by atoms with Crippen LogP contribution in [0.4, 0.5) is 0 Å². The van der Waals surface area contributed by atoms with Crippen LogP contribution in [-0.2, 0) is 0 Å². The molecule has 0 bridgehead atoms. The van der Waals surface area contributed by atoms with E-state index < -0.39 is 0 Å². The minimum Gasteiger partial charge on any atom is -0.289 e. The van der Waals surface area contributed by atoms with Gasteiger partial charge in [-0.05, 0) is 36.4 Å². The van der Waals surface area contributed by atoms with Crippen molar-refractivity contribution in [3.05, 3.63) is 57.6 Å². The molecule has 0 aliphatic rings. The van der Waals surface area contributed by atoms with Crippen LogP contribution >= 0.6 is 48.5 Å². The number of rotatable bonds is 2. The molecule has 18 heavy (non-hydrogen) atoms. The lowest BCUT2D eigenvalue weighted by molar-refractivity contribution is 0.103. The van der Waals surface area contributed by atoms with Gasteiger partial charge in [-0.1, -0.05) is 23.2 Å². The van der Waals surface area contributed by atoms with E-state index in [0.717, 1.165) is 0 Å². The fourth-order valence-corrected chi connectivity index (χ4v) is 2.34. The van der Waals surface area contributed by atoms with Crippen LogP contribution in [0.2, 0.25) is 10.0 Å². The highest BCUT2D eigenvalue weighted by Gasteiger charge is 2.15. The molecule has 0 unspecified atom stereocenters. The molecule has 0 heterocycles. The van der Waals surface area contributed by atoms with Crippen molar-refractivity contribution in [2.24, 2.45) is 0 Å². The smallest absolute Gasteiger partial charge is 0.194 e. The van der Waals surface area contributed by atoms with Gasteiger partial charge < -0.3 is 0 Å². The van der Waals surface area contributed by atoms with E-state index in [1.165, 1.54) is 0 Å². The molecule has 2 aromatic rings. The van der Waals surface area contributed by atoms with Gasteiger partial charge in [0.25, 0.3) is 0 Å². The Morgan fingerprint density at radius 3 is 2.11 bits per heavy atom. The molecule has 5 heteroatoms. The summed E-state index contributed by atoms with van der Waals surface area (Å²) in [6.45, 7) is 0. The summed E-state index contributed by atoms with van der Waals surface area (Å²) in [6, 6.07) is 9.96. The quantitative estimate of drug-likeness (QED) is 0.601. The molecular weight excluding hydrogens is 307 g/mol. The first-order chi connectivity index (χ1) is 8.50. The first kappa shape index (κ1) is 13.8. The van der Waals surface area contributed by atoms with Gasteiger partial charge in [0.1, 0.15) is 0 Å². The van der Waals surface area contributed by atoms with Crippen molar-refractivity contribution in [1.29, 1.82) is 0 Å². The Bertz CT molecular complexity index is 609. The molecule has 92 valence electrons. The number of ketones is 1. The Kier molecular flexibility index (Phi) is 4.28. The molecule has 0 saturated heterocycles. The summed E-state index contributed by atoms with van der Waals surface area (Å²) in [5.41, 5.74) is 1.01. The van der Waals surface area contributed by atoms with Crippen LogP contribution in [0.3, 0.4) is 0 Å². The summed E-state index contributed by atoms with van der Waals surface area (Å²) in [5, 5.41) is 1.06. The molecule has 2 aromatic carbocycles. The molecule has 1 nitrogen and oxygen atoms in total. The van der Waals surface area contributed by atoms with Crippen molar-refractivity contribution in [2.45, 2.75) is 9.79 Å². The van der Waals surface area contributed by atoms with Gasteiger partial charge in [0.2, 0.25) is 0 Å². The van der Waals surface area contributed by atoms with Crippen LogP contribution in [0.15, 0.2) is 46.2 Å². The zero-order chi connectivity index (χ0) is 13.3. The normalized spacial score (nSPS) is 10.4. The van der Waals surface area contributed by atoms with Crippen molar-refractivity contribution in [3.63, 3.8) is 0 Å². The largest absolute Gasteiger partial charge is 0.289 e. The molecular formula is C13H8Cl2OS2. The van der Waals surface area contributed by atoms with Crippen molar-refractivity contribution in [2.75, 3.05) is 0 Å². The average Bonchev–Trinajstić information content (AvgIpc) is 2.36. The van der Waals surface area contributed by atoms with Crippen LogP contribution in [0.1, 0.15) is 15.9 Å². The molecule has 0 aliphatic heterocycles. The van der Waals surface area contributed by atoms with Gasteiger partial charge in [-0.3, -0.25) is 4.79 Å². The van der Waals surface area contributed by atoms with E-state index in [-0.39, 0.29) is 5.78 Å². The summed E-state index contributed by atoms with van der Waals surface area (Å²) < 4.78 is 0. The molecule has 0 aliphatic carbocycles. The number of halogens is 2. The lowest BCUT2D eigenvalue weighted by Gasteiger charge is -2.08. The lowest BCUT2D eigenvalue weighted by Crippen LogP contribution is -2.02. The van der Waals surface area contributed by atoms with E-state index in [2.05, 4.69) is 25.3 Å². The first-order valence-corrected chi connectivity index (χ1v) is 6.66. The topological polar surface area (TPSA) is 17.1 Å². The van der Waals surface area contributed by atoms with Crippen molar-refractivity contribution >= 4 is 54.2 Å². The molecule has 0 N–H and O–H groups in total. The van der Waals surface area contributed by atoms with Gasteiger partial charge in [0.05, 0.1) is 5.02 Å². The number of thiol groups is 2. The third-order valence-electron chi connectivity index (χ3n) is 2.45.